The SMILES string of the molecule is CCOC(=O)C1CCc2sc(C(C)(C)C)nc21. The molecule has 0 amide bonds. The smallest absolute Gasteiger partial charge is 0.315 e. The van der Waals surface area contributed by atoms with Crippen LogP contribution in [0.15, 0.2) is 0 Å². The van der Waals surface area contributed by atoms with Crippen LogP contribution in [0.3, 0.4) is 0 Å². The largest absolute Gasteiger partial charge is 0.465 e. The number of thiazole rings is 1. The summed E-state index contributed by atoms with van der Waals surface area (Å²) in [5.41, 5.74) is 1.03. The summed E-state index contributed by atoms with van der Waals surface area (Å²) in [6.07, 6.45) is 1.82. The van der Waals surface area contributed by atoms with Gasteiger partial charge >= 0.3 is 5.97 Å². The van der Waals surface area contributed by atoms with Crippen LogP contribution in [0.5, 0.6) is 0 Å². The number of aromatic nitrogens is 1. The Bertz CT molecular complexity index is 431. The minimum atomic E-state index is -0.128. The van der Waals surface area contributed by atoms with Gasteiger partial charge < -0.3 is 4.74 Å². The lowest BCUT2D eigenvalue weighted by atomic mass is 9.98. The molecule has 94 valence electrons. The Hall–Kier alpha value is -0.900. The first kappa shape index (κ1) is 12.6. The molecule has 1 aromatic heterocycles. The van der Waals surface area contributed by atoms with Gasteiger partial charge in [-0.15, -0.1) is 11.3 Å². The van der Waals surface area contributed by atoms with E-state index in [1.807, 2.05) is 6.92 Å². The lowest BCUT2D eigenvalue weighted by Crippen LogP contribution is -2.15. The summed E-state index contributed by atoms with van der Waals surface area (Å²) in [7, 11) is 0. The third kappa shape index (κ3) is 2.37. The molecule has 1 aliphatic carbocycles. The standard InChI is InChI=1S/C13H19NO2S/c1-5-16-11(15)8-6-7-9-10(8)14-12(17-9)13(2,3)4/h8H,5-7H2,1-4H3. The highest BCUT2D eigenvalue weighted by atomic mass is 32.1. The second kappa shape index (κ2) is 4.41. The number of carbonyl (C=O) groups excluding carboxylic acids is 1. The summed E-state index contributed by atoms with van der Waals surface area (Å²) in [6, 6.07) is 0. The molecule has 0 fully saturated rings. The molecule has 0 bridgehead atoms. The molecule has 0 spiro atoms. The van der Waals surface area contributed by atoms with Gasteiger partial charge in [0.1, 0.15) is 5.92 Å². The van der Waals surface area contributed by atoms with E-state index < -0.39 is 0 Å². The van der Waals surface area contributed by atoms with Gasteiger partial charge in [0.2, 0.25) is 0 Å². The maximum atomic E-state index is 11.8. The highest BCUT2D eigenvalue weighted by Crippen LogP contribution is 2.40. The van der Waals surface area contributed by atoms with E-state index in [-0.39, 0.29) is 17.3 Å². The topological polar surface area (TPSA) is 39.2 Å². The first-order valence-corrected chi connectivity index (χ1v) is 6.92. The zero-order chi connectivity index (χ0) is 12.6. The lowest BCUT2D eigenvalue weighted by Gasteiger charge is -2.14. The van der Waals surface area contributed by atoms with Crippen LogP contribution >= 0.6 is 11.3 Å². The molecule has 0 saturated heterocycles. The molecule has 1 aromatic rings. The van der Waals surface area contributed by atoms with Crippen molar-refractivity contribution in [3.05, 3.63) is 15.6 Å². The molecule has 4 heteroatoms. The van der Waals surface area contributed by atoms with Gasteiger partial charge in [-0.05, 0) is 19.8 Å². The maximum Gasteiger partial charge on any atom is 0.315 e. The van der Waals surface area contributed by atoms with Crippen molar-refractivity contribution >= 4 is 17.3 Å². The Morgan fingerprint density at radius 2 is 2.24 bits per heavy atom. The molecule has 17 heavy (non-hydrogen) atoms. The number of fused-ring (bicyclic) bond motifs is 1. The molecular weight excluding hydrogens is 234 g/mol. The minimum absolute atomic E-state index is 0.0637. The van der Waals surface area contributed by atoms with Crippen LogP contribution in [0, 0.1) is 0 Å². The van der Waals surface area contributed by atoms with Crippen molar-refractivity contribution in [2.24, 2.45) is 0 Å². The van der Waals surface area contributed by atoms with Gasteiger partial charge in [-0.2, -0.15) is 0 Å². The summed E-state index contributed by atoms with van der Waals surface area (Å²) in [6.45, 7) is 8.75. The number of ether oxygens (including phenoxy) is 1. The van der Waals surface area contributed by atoms with Crippen LogP contribution in [-0.2, 0) is 21.4 Å². The minimum Gasteiger partial charge on any atom is -0.465 e. The number of aryl methyl sites for hydroxylation is 1. The van der Waals surface area contributed by atoms with Gasteiger partial charge in [-0.1, -0.05) is 20.8 Å². The van der Waals surface area contributed by atoms with Crippen molar-refractivity contribution in [2.45, 2.75) is 51.9 Å². The molecule has 0 aromatic carbocycles. The Morgan fingerprint density at radius 3 is 2.82 bits per heavy atom. The van der Waals surface area contributed by atoms with Crippen molar-refractivity contribution in [1.29, 1.82) is 0 Å². The second-order valence-electron chi connectivity index (χ2n) is 5.42. The average molecular weight is 253 g/mol. The van der Waals surface area contributed by atoms with Crippen LogP contribution in [-0.4, -0.2) is 17.6 Å². The van der Waals surface area contributed by atoms with Crippen molar-refractivity contribution in [3.8, 4) is 0 Å². The predicted octanol–water partition coefficient (Wildman–Crippen LogP) is 3.03. The van der Waals surface area contributed by atoms with Crippen LogP contribution in [0.2, 0.25) is 0 Å². The third-order valence-corrected chi connectivity index (χ3v) is 4.49. The highest BCUT2D eigenvalue weighted by Gasteiger charge is 2.35. The summed E-state index contributed by atoms with van der Waals surface area (Å²) in [4.78, 5) is 17.7. The third-order valence-electron chi connectivity index (χ3n) is 2.93. The van der Waals surface area contributed by atoms with Gasteiger partial charge in [-0.25, -0.2) is 4.98 Å². The molecule has 1 atom stereocenters. The van der Waals surface area contributed by atoms with Gasteiger partial charge in [0.25, 0.3) is 0 Å². The Kier molecular flexibility index (Phi) is 3.25. The van der Waals surface area contributed by atoms with E-state index in [2.05, 4.69) is 25.8 Å². The van der Waals surface area contributed by atoms with Crippen molar-refractivity contribution < 1.29 is 9.53 Å². The number of nitrogens with zero attached hydrogens (tertiary/aromatic N) is 1. The summed E-state index contributed by atoms with van der Waals surface area (Å²) in [5, 5.41) is 1.12. The lowest BCUT2D eigenvalue weighted by molar-refractivity contribution is -0.145. The fourth-order valence-corrected chi connectivity index (χ4v) is 3.22. The maximum absolute atomic E-state index is 11.8. The quantitative estimate of drug-likeness (QED) is 0.760. The molecular formula is C13H19NO2S. The first-order valence-electron chi connectivity index (χ1n) is 6.10. The molecule has 0 aliphatic heterocycles. The number of carbonyl (C=O) groups is 1. The number of hydrogen-bond donors (Lipinski definition) is 0. The molecule has 1 aliphatic rings. The summed E-state index contributed by atoms with van der Waals surface area (Å²) in [5.74, 6) is -0.241. The molecule has 2 rings (SSSR count). The fourth-order valence-electron chi connectivity index (χ4n) is 2.02. The van der Waals surface area contributed by atoms with E-state index in [0.717, 1.165) is 23.5 Å². The van der Waals surface area contributed by atoms with Crippen LogP contribution in [0.25, 0.3) is 0 Å². The Balaban J connectivity index is 2.26. The molecule has 1 heterocycles. The molecule has 0 N–H and O–H groups in total. The van der Waals surface area contributed by atoms with Crippen LogP contribution in [0.4, 0.5) is 0 Å². The zero-order valence-electron chi connectivity index (χ0n) is 10.9. The monoisotopic (exact) mass is 253 g/mol. The van der Waals surface area contributed by atoms with E-state index >= 15 is 0 Å². The van der Waals surface area contributed by atoms with E-state index in [4.69, 9.17) is 4.74 Å². The number of hydrogen-bond acceptors (Lipinski definition) is 4. The van der Waals surface area contributed by atoms with Gasteiger partial charge in [0, 0.05) is 10.3 Å². The van der Waals surface area contributed by atoms with Gasteiger partial charge in [0.05, 0.1) is 17.3 Å². The average Bonchev–Trinajstić information content (AvgIpc) is 2.73. The second-order valence-corrected chi connectivity index (χ2v) is 6.50. The van der Waals surface area contributed by atoms with E-state index in [9.17, 15) is 4.79 Å². The molecule has 3 nitrogen and oxygen atoms in total. The normalized spacial score (nSPS) is 19.2. The molecule has 0 saturated carbocycles. The highest BCUT2D eigenvalue weighted by molar-refractivity contribution is 7.12. The van der Waals surface area contributed by atoms with Crippen LogP contribution < -0.4 is 0 Å². The molecule has 0 radical (unpaired) electrons. The van der Waals surface area contributed by atoms with E-state index in [1.165, 1.54) is 4.88 Å². The van der Waals surface area contributed by atoms with Crippen LogP contribution in [0.1, 0.15) is 55.6 Å². The fraction of sp³-hybridized carbons (Fsp3) is 0.692. The Morgan fingerprint density at radius 1 is 1.53 bits per heavy atom. The number of esters is 1. The van der Waals surface area contributed by atoms with E-state index in [1.54, 1.807) is 11.3 Å². The van der Waals surface area contributed by atoms with Gasteiger partial charge in [0.15, 0.2) is 0 Å². The zero-order valence-corrected chi connectivity index (χ0v) is 11.7. The summed E-state index contributed by atoms with van der Waals surface area (Å²) < 4.78 is 5.10. The van der Waals surface area contributed by atoms with Crippen molar-refractivity contribution in [3.63, 3.8) is 0 Å². The van der Waals surface area contributed by atoms with Gasteiger partial charge in [-0.3, -0.25) is 4.79 Å². The number of rotatable bonds is 2. The predicted molar refractivity (Wildman–Crippen MR) is 68.5 cm³/mol. The summed E-state index contributed by atoms with van der Waals surface area (Å²) >= 11 is 1.75. The van der Waals surface area contributed by atoms with E-state index in [0.29, 0.717) is 6.61 Å². The van der Waals surface area contributed by atoms with Crippen molar-refractivity contribution in [2.75, 3.05) is 6.61 Å². The molecule has 1 unspecified atom stereocenters. The van der Waals surface area contributed by atoms with Crippen molar-refractivity contribution in [1.82, 2.24) is 4.98 Å². The Labute approximate surface area is 106 Å². The first-order chi connectivity index (χ1) is 7.93.